The van der Waals surface area contributed by atoms with Crippen molar-refractivity contribution >= 4 is 17.9 Å². The molecule has 0 N–H and O–H groups in total. The molecule has 5 atom stereocenters. The molecule has 2 rings (SSSR count). The molecule has 0 spiro atoms. The molecule has 0 aromatic rings. The van der Waals surface area contributed by atoms with Gasteiger partial charge in [-0.15, -0.1) is 0 Å². The highest BCUT2D eigenvalue weighted by Gasteiger charge is 2.53. The summed E-state index contributed by atoms with van der Waals surface area (Å²) < 4.78 is 28.2. The van der Waals surface area contributed by atoms with Crippen LogP contribution in [0.3, 0.4) is 0 Å². The first-order valence-corrected chi connectivity index (χ1v) is 8.92. The van der Waals surface area contributed by atoms with Crippen LogP contribution in [0.5, 0.6) is 0 Å². The van der Waals surface area contributed by atoms with E-state index in [9.17, 15) is 14.4 Å². The maximum atomic E-state index is 11.7. The van der Waals surface area contributed by atoms with Crippen LogP contribution < -0.4 is 0 Å². The van der Waals surface area contributed by atoms with E-state index in [1.54, 1.807) is 13.8 Å². The van der Waals surface area contributed by atoms with Crippen molar-refractivity contribution in [2.24, 2.45) is 5.92 Å². The number of rotatable bonds is 4. The molecule has 1 heterocycles. The third kappa shape index (κ3) is 5.41. The molecule has 1 aliphatic carbocycles. The number of carbonyl (C=O) groups excluding carboxylic acids is 3. The molecule has 0 unspecified atom stereocenters. The van der Waals surface area contributed by atoms with Gasteiger partial charge in [-0.3, -0.25) is 14.4 Å². The molecule has 26 heavy (non-hydrogen) atoms. The molecule has 8 nitrogen and oxygen atoms in total. The van der Waals surface area contributed by atoms with E-state index in [0.29, 0.717) is 19.3 Å². The van der Waals surface area contributed by atoms with Crippen LogP contribution >= 0.6 is 0 Å². The normalized spacial score (nSPS) is 33.3. The van der Waals surface area contributed by atoms with Crippen LogP contribution in [0.1, 0.15) is 53.9 Å². The monoisotopic (exact) mass is 372 g/mol. The zero-order valence-electron chi connectivity index (χ0n) is 16.0. The summed E-state index contributed by atoms with van der Waals surface area (Å²) in [5.74, 6) is -2.30. The van der Waals surface area contributed by atoms with Crippen molar-refractivity contribution < 1.29 is 38.1 Å². The smallest absolute Gasteiger partial charge is 0.303 e. The SMILES string of the molecule is CC(=O)OC[C@H]1CCC[C@H](OC(C)=O)[C@@H](OC(C)=O)[C@H]2OC(C)(C)O[C@@H]12. The second-order valence-electron chi connectivity index (χ2n) is 7.28. The van der Waals surface area contributed by atoms with Gasteiger partial charge in [-0.2, -0.15) is 0 Å². The van der Waals surface area contributed by atoms with Gasteiger partial charge in [0.2, 0.25) is 0 Å². The fraction of sp³-hybridized carbons (Fsp3) is 0.833. The Bertz CT molecular complexity index is 543. The Labute approximate surface area is 153 Å². The fourth-order valence-electron chi connectivity index (χ4n) is 3.63. The van der Waals surface area contributed by atoms with Gasteiger partial charge in [0.05, 0.1) is 12.7 Å². The number of hydrogen-bond acceptors (Lipinski definition) is 8. The molecule has 1 saturated carbocycles. The number of carbonyl (C=O) groups is 3. The second kappa shape index (κ2) is 8.35. The van der Waals surface area contributed by atoms with Crippen LogP contribution in [0.25, 0.3) is 0 Å². The summed E-state index contributed by atoms with van der Waals surface area (Å²) in [7, 11) is 0. The van der Waals surface area contributed by atoms with Gasteiger partial charge in [-0.05, 0) is 33.1 Å². The highest BCUT2D eigenvalue weighted by atomic mass is 16.8. The standard InChI is InChI=1S/C18H28O8/c1-10(19)22-9-13-7-6-8-14(23-11(2)20)16(24-12(3)21)17-15(13)25-18(4,5)26-17/h13-17H,6-9H2,1-5H3/t13-,14+,15+,16-,17+/m1/s1. The zero-order chi connectivity index (χ0) is 19.5. The van der Waals surface area contributed by atoms with Crippen molar-refractivity contribution in [3.63, 3.8) is 0 Å². The van der Waals surface area contributed by atoms with Crippen LogP contribution in [0.4, 0.5) is 0 Å². The van der Waals surface area contributed by atoms with E-state index in [0.717, 1.165) is 0 Å². The van der Waals surface area contributed by atoms with Gasteiger partial charge in [0.1, 0.15) is 12.2 Å². The van der Waals surface area contributed by atoms with E-state index >= 15 is 0 Å². The average molecular weight is 372 g/mol. The van der Waals surface area contributed by atoms with E-state index < -0.39 is 42.1 Å². The van der Waals surface area contributed by atoms with Gasteiger partial charge in [0.15, 0.2) is 11.9 Å². The summed E-state index contributed by atoms with van der Waals surface area (Å²) >= 11 is 0. The van der Waals surface area contributed by atoms with E-state index in [2.05, 4.69) is 0 Å². The minimum Gasteiger partial charge on any atom is -0.465 e. The Hall–Kier alpha value is -1.67. The summed E-state index contributed by atoms with van der Waals surface area (Å²) in [5, 5.41) is 0. The molecule has 2 fully saturated rings. The van der Waals surface area contributed by atoms with Gasteiger partial charge < -0.3 is 23.7 Å². The van der Waals surface area contributed by atoms with E-state index in [4.69, 9.17) is 23.7 Å². The highest BCUT2D eigenvalue weighted by molar-refractivity contribution is 5.67. The van der Waals surface area contributed by atoms with Crippen LogP contribution in [-0.4, -0.2) is 54.7 Å². The number of ether oxygens (including phenoxy) is 5. The number of esters is 3. The number of hydrogen-bond donors (Lipinski definition) is 0. The molecule has 148 valence electrons. The van der Waals surface area contributed by atoms with E-state index in [1.165, 1.54) is 20.8 Å². The lowest BCUT2D eigenvalue weighted by Crippen LogP contribution is -2.51. The summed E-state index contributed by atoms with van der Waals surface area (Å²) in [6, 6.07) is 0. The summed E-state index contributed by atoms with van der Waals surface area (Å²) in [4.78, 5) is 34.4. The van der Waals surface area contributed by atoms with Gasteiger partial charge in [0.25, 0.3) is 0 Å². The van der Waals surface area contributed by atoms with Gasteiger partial charge in [-0.25, -0.2) is 0 Å². The van der Waals surface area contributed by atoms with Crippen molar-refractivity contribution in [1.82, 2.24) is 0 Å². The average Bonchev–Trinajstić information content (AvgIpc) is 2.80. The Kier molecular flexibility index (Phi) is 6.63. The molecule has 0 radical (unpaired) electrons. The van der Waals surface area contributed by atoms with E-state index in [1.807, 2.05) is 0 Å². The molecular formula is C18H28O8. The Morgan fingerprint density at radius 1 is 0.923 bits per heavy atom. The fourth-order valence-corrected chi connectivity index (χ4v) is 3.63. The van der Waals surface area contributed by atoms with Crippen molar-refractivity contribution in [2.45, 2.75) is 84.1 Å². The predicted octanol–water partition coefficient (Wildman–Crippen LogP) is 1.73. The van der Waals surface area contributed by atoms with Gasteiger partial charge in [0, 0.05) is 26.7 Å². The third-order valence-electron chi connectivity index (χ3n) is 4.50. The van der Waals surface area contributed by atoms with Crippen molar-refractivity contribution in [3.8, 4) is 0 Å². The lowest BCUT2D eigenvalue weighted by Gasteiger charge is -2.36. The lowest BCUT2D eigenvalue weighted by molar-refractivity contribution is -0.189. The van der Waals surface area contributed by atoms with Crippen molar-refractivity contribution in [3.05, 3.63) is 0 Å². The Morgan fingerprint density at radius 3 is 2.12 bits per heavy atom. The molecular weight excluding hydrogens is 344 g/mol. The Balaban J connectivity index is 2.30. The zero-order valence-corrected chi connectivity index (χ0v) is 16.0. The Morgan fingerprint density at radius 2 is 1.54 bits per heavy atom. The van der Waals surface area contributed by atoms with Crippen molar-refractivity contribution in [1.29, 1.82) is 0 Å². The minimum atomic E-state index is -0.896. The van der Waals surface area contributed by atoms with Crippen LogP contribution in [0, 0.1) is 5.92 Å². The first kappa shape index (κ1) is 20.6. The summed E-state index contributed by atoms with van der Waals surface area (Å²) in [6.07, 6.45) is -0.556. The van der Waals surface area contributed by atoms with Gasteiger partial charge >= 0.3 is 17.9 Å². The molecule has 0 amide bonds. The highest BCUT2D eigenvalue weighted by Crippen LogP contribution is 2.40. The first-order chi connectivity index (χ1) is 12.1. The topological polar surface area (TPSA) is 97.4 Å². The molecule has 1 saturated heterocycles. The van der Waals surface area contributed by atoms with Crippen LogP contribution in [-0.2, 0) is 38.1 Å². The second-order valence-corrected chi connectivity index (χ2v) is 7.28. The maximum absolute atomic E-state index is 11.7. The molecule has 1 aliphatic heterocycles. The summed E-state index contributed by atoms with van der Waals surface area (Å²) in [5.41, 5.74) is 0. The molecule has 0 bridgehead atoms. The van der Waals surface area contributed by atoms with E-state index in [-0.39, 0.29) is 18.5 Å². The predicted molar refractivity (Wildman–Crippen MR) is 88.9 cm³/mol. The third-order valence-corrected chi connectivity index (χ3v) is 4.50. The maximum Gasteiger partial charge on any atom is 0.303 e. The van der Waals surface area contributed by atoms with Gasteiger partial charge in [-0.1, -0.05) is 0 Å². The molecule has 8 heteroatoms. The van der Waals surface area contributed by atoms with Crippen molar-refractivity contribution in [2.75, 3.05) is 6.61 Å². The quantitative estimate of drug-likeness (QED) is 0.544. The summed E-state index contributed by atoms with van der Waals surface area (Å²) in [6.45, 7) is 7.71. The first-order valence-electron chi connectivity index (χ1n) is 8.92. The largest absolute Gasteiger partial charge is 0.465 e. The van der Waals surface area contributed by atoms with Crippen LogP contribution in [0.15, 0.2) is 0 Å². The molecule has 0 aromatic carbocycles. The number of fused-ring (bicyclic) bond motifs is 1. The molecule has 2 aliphatic rings. The van der Waals surface area contributed by atoms with Crippen LogP contribution in [0.2, 0.25) is 0 Å². The molecule has 0 aromatic heterocycles. The minimum absolute atomic E-state index is 0.109. The lowest BCUT2D eigenvalue weighted by atomic mass is 9.84.